The predicted molar refractivity (Wildman–Crippen MR) is 68.3 cm³/mol. The second-order valence-corrected chi connectivity index (χ2v) is 5.18. The summed E-state index contributed by atoms with van der Waals surface area (Å²) in [6.07, 6.45) is 0.183. The third-order valence-corrected chi connectivity index (χ3v) is 2.38. The van der Waals surface area contributed by atoms with Crippen LogP contribution in [0.4, 0.5) is 0 Å². The van der Waals surface area contributed by atoms with E-state index in [1.54, 1.807) is 6.92 Å². The fourth-order valence-corrected chi connectivity index (χ4v) is 1.35. The minimum absolute atomic E-state index is 0.186. The Labute approximate surface area is 98.5 Å². The molecule has 0 heterocycles. The first-order chi connectivity index (χ1) is 7.39. The Hall–Kier alpha value is -1.26. The van der Waals surface area contributed by atoms with E-state index in [2.05, 4.69) is 44.7 Å². The van der Waals surface area contributed by atoms with Crippen molar-refractivity contribution in [2.45, 2.75) is 45.6 Å². The van der Waals surface area contributed by atoms with Crippen molar-refractivity contribution in [2.75, 3.05) is 0 Å². The van der Waals surface area contributed by atoms with E-state index in [1.807, 2.05) is 12.1 Å². The molecule has 0 aliphatic heterocycles. The van der Waals surface area contributed by atoms with Crippen molar-refractivity contribution in [2.24, 2.45) is 0 Å². The maximum Gasteiger partial charge on any atom is 0.0621 e. The summed E-state index contributed by atoms with van der Waals surface area (Å²) in [4.78, 5) is 0. The van der Waals surface area contributed by atoms with Crippen LogP contribution in [0, 0.1) is 11.8 Å². The molecule has 0 bridgehead atoms. The Morgan fingerprint density at radius 1 is 1.19 bits per heavy atom. The summed E-state index contributed by atoms with van der Waals surface area (Å²) in [6.45, 7) is 8.33. The molecule has 0 aromatic heterocycles. The van der Waals surface area contributed by atoms with E-state index in [1.165, 1.54) is 5.56 Å². The van der Waals surface area contributed by atoms with Gasteiger partial charge in [-0.3, -0.25) is 0 Å². The summed E-state index contributed by atoms with van der Waals surface area (Å²) in [7, 11) is 0. The van der Waals surface area contributed by atoms with Gasteiger partial charge >= 0.3 is 0 Å². The molecule has 1 nitrogen and oxygen atoms in total. The van der Waals surface area contributed by atoms with Crippen LogP contribution in [-0.2, 0) is 5.41 Å². The highest BCUT2D eigenvalue weighted by Crippen LogP contribution is 2.21. The molecular weight excluding hydrogens is 196 g/mol. The molecule has 16 heavy (non-hydrogen) atoms. The van der Waals surface area contributed by atoms with E-state index in [-0.39, 0.29) is 11.5 Å². The molecule has 0 spiro atoms. The first kappa shape index (κ1) is 12.8. The maximum absolute atomic E-state index is 9.08. The maximum atomic E-state index is 9.08. The van der Waals surface area contributed by atoms with Crippen LogP contribution in [0.5, 0.6) is 0 Å². The van der Waals surface area contributed by atoms with Crippen molar-refractivity contribution in [3.8, 4) is 11.8 Å². The van der Waals surface area contributed by atoms with Crippen molar-refractivity contribution in [1.29, 1.82) is 0 Å². The lowest BCUT2D eigenvalue weighted by molar-refractivity contribution is 0.201. The van der Waals surface area contributed by atoms with Gasteiger partial charge in [0.05, 0.1) is 6.10 Å². The van der Waals surface area contributed by atoms with E-state index in [4.69, 9.17) is 5.11 Å². The van der Waals surface area contributed by atoms with Crippen molar-refractivity contribution in [1.82, 2.24) is 0 Å². The van der Waals surface area contributed by atoms with Crippen LogP contribution >= 0.6 is 0 Å². The molecule has 1 aromatic rings. The standard InChI is InChI=1S/C15H20O/c1-12(16)6-5-7-13-8-10-14(11-9-13)15(2,3)4/h8-12,16H,6H2,1-4H3. The SMILES string of the molecule is CC(O)CC#Cc1ccc(C(C)(C)C)cc1. The molecule has 1 rings (SSSR count). The van der Waals surface area contributed by atoms with E-state index in [0.29, 0.717) is 6.42 Å². The van der Waals surface area contributed by atoms with Crippen LogP contribution in [0.15, 0.2) is 24.3 Å². The van der Waals surface area contributed by atoms with Gasteiger partial charge in [0.15, 0.2) is 0 Å². The molecule has 0 radical (unpaired) electrons. The fourth-order valence-electron chi connectivity index (χ4n) is 1.35. The van der Waals surface area contributed by atoms with Gasteiger partial charge in [-0.15, -0.1) is 0 Å². The third kappa shape index (κ3) is 4.08. The van der Waals surface area contributed by atoms with Gasteiger partial charge in [0.25, 0.3) is 0 Å². The second-order valence-electron chi connectivity index (χ2n) is 5.18. The summed E-state index contributed by atoms with van der Waals surface area (Å²) in [5.74, 6) is 6.00. The Kier molecular flexibility index (Phi) is 4.15. The zero-order valence-electron chi connectivity index (χ0n) is 10.5. The number of aliphatic hydroxyl groups is 1. The first-order valence-corrected chi connectivity index (χ1v) is 5.67. The summed E-state index contributed by atoms with van der Waals surface area (Å²) in [6, 6.07) is 8.31. The Balaban J connectivity index is 2.75. The third-order valence-electron chi connectivity index (χ3n) is 2.38. The topological polar surface area (TPSA) is 20.2 Å². The summed E-state index contributed by atoms with van der Waals surface area (Å²) in [5.41, 5.74) is 2.51. The number of hydrogen-bond acceptors (Lipinski definition) is 1. The van der Waals surface area contributed by atoms with Crippen molar-refractivity contribution < 1.29 is 5.11 Å². The number of aliphatic hydroxyl groups excluding tert-OH is 1. The van der Waals surface area contributed by atoms with Crippen LogP contribution in [0.25, 0.3) is 0 Å². The second kappa shape index (κ2) is 5.18. The molecule has 1 unspecified atom stereocenters. The Morgan fingerprint density at radius 2 is 1.75 bits per heavy atom. The summed E-state index contributed by atoms with van der Waals surface area (Å²) >= 11 is 0. The molecule has 0 aliphatic carbocycles. The number of rotatable bonds is 1. The lowest BCUT2D eigenvalue weighted by atomic mass is 9.87. The van der Waals surface area contributed by atoms with Crippen molar-refractivity contribution in [3.63, 3.8) is 0 Å². The molecule has 1 N–H and O–H groups in total. The Morgan fingerprint density at radius 3 is 2.19 bits per heavy atom. The fraction of sp³-hybridized carbons (Fsp3) is 0.467. The van der Waals surface area contributed by atoms with E-state index < -0.39 is 0 Å². The van der Waals surface area contributed by atoms with Crippen LogP contribution in [0.3, 0.4) is 0 Å². The summed E-state index contributed by atoms with van der Waals surface area (Å²) < 4.78 is 0. The van der Waals surface area contributed by atoms with Crippen LogP contribution < -0.4 is 0 Å². The quantitative estimate of drug-likeness (QED) is 0.715. The van der Waals surface area contributed by atoms with Gasteiger partial charge in [-0.25, -0.2) is 0 Å². The van der Waals surface area contributed by atoms with Crippen LogP contribution in [0.1, 0.15) is 45.2 Å². The molecule has 0 amide bonds. The highest BCUT2D eigenvalue weighted by molar-refractivity contribution is 5.37. The molecular formula is C15H20O. The van der Waals surface area contributed by atoms with Crippen LogP contribution in [-0.4, -0.2) is 11.2 Å². The number of benzene rings is 1. The zero-order chi connectivity index (χ0) is 12.2. The van der Waals surface area contributed by atoms with Gasteiger partial charge in [-0.1, -0.05) is 44.7 Å². The molecule has 0 aliphatic rings. The molecule has 0 saturated carbocycles. The molecule has 1 aromatic carbocycles. The largest absolute Gasteiger partial charge is 0.392 e. The molecule has 1 heteroatoms. The van der Waals surface area contributed by atoms with E-state index in [9.17, 15) is 0 Å². The molecule has 0 fully saturated rings. The number of hydrogen-bond donors (Lipinski definition) is 1. The zero-order valence-corrected chi connectivity index (χ0v) is 10.5. The van der Waals surface area contributed by atoms with Gasteiger partial charge in [0.2, 0.25) is 0 Å². The van der Waals surface area contributed by atoms with E-state index >= 15 is 0 Å². The normalized spacial score (nSPS) is 12.8. The van der Waals surface area contributed by atoms with Crippen molar-refractivity contribution >= 4 is 0 Å². The molecule has 1 atom stereocenters. The molecule has 86 valence electrons. The highest BCUT2D eigenvalue weighted by atomic mass is 16.3. The average Bonchev–Trinajstić information content (AvgIpc) is 2.16. The average molecular weight is 216 g/mol. The highest BCUT2D eigenvalue weighted by Gasteiger charge is 2.12. The van der Waals surface area contributed by atoms with Gasteiger partial charge in [-0.05, 0) is 30.0 Å². The lowest BCUT2D eigenvalue weighted by Gasteiger charge is -2.18. The van der Waals surface area contributed by atoms with Crippen molar-refractivity contribution in [3.05, 3.63) is 35.4 Å². The summed E-state index contributed by atoms with van der Waals surface area (Å²) in [5, 5.41) is 9.08. The minimum atomic E-state index is -0.346. The Bertz CT molecular complexity index is 382. The lowest BCUT2D eigenvalue weighted by Crippen LogP contribution is -2.10. The van der Waals surface area contributed by atoms with Gasteiger partial charge in [0, 0.05) is 12.0 Å². The first-order valence-electron chi connectivity index (χ1n) is 5.67. The minimum Gasteiger partial charge on any atom is -0.392 e. The van der Waals surface area contributed by atoms with Gasteiger partial charge in [-0.2, -0.15) is 0 Å². The van der Waals surface area contributed by atoms with E-state index in [0.717, 1.165) is 5.56 Å². The molecule has 0 saturated heterocycles. The predicted octanol–water partition coefficient (Wildman–Crippen LogP) is 3.11. The smallest absolute Gasteiger partial charge is 0.0621 e. The van der Waals surface area contributed by atoms with Crippen LogP contribution in [0.2, 0.25) is 0 Å². The van der Waals surface area contributed by atoms with Gasteiger partial charge in [0.1, 0.15) is 0 Å². The monoisotopic (exact) mass is 216 g/mol. The van der Waals surface area contributed by atoms with Gasteiger partial charge < -0.3 is 5.11 Å².